The van der Waals surface area contributed by atoms with Crippen molar-refractivity contribution in [3.05, 3.63) is 0 Å². The van der Waals surface area contributed by atoms with Gasteiger partial charge < -0.3 is 19.1 Å². The molecule has 0 saturated carbocycles. The van der Waals surface area contributed by atoms with Crippen LogP contribution in [0, 0.1) is 17.8 Å². The second-order valence-corrected chi connectivity index (χ2v) is 18.2. The second kappa shape index (κ2) is 41.6. The topological polar surface area (TPSA) is 65.1 Å². The Hall–Kier alpha value is -1.14. The minimum atomic E-state index is 0.0285. The number of carbonyl (C=O) groups excluding carboxylic acids is 2. The van der Waals surface area contributed by atoms with E-state index in [1.54, 1.807) is 0 Å². The van der Waals surface area contributed by atoms with Crippen molar-refractivity contribution in [3.8, 4) is 0 Å². The van der Waals surface area contributed by atoms with E-state index in [0.717, 1.165) is 26.1 Å². The van der Waals surface area contributed by atoms with Gasteiger partial charge in [0.15, 0.2) is 0 Å². The molecule has 1 fully saturated rings. The number of carbonyl (C=O) groups is 2. The van der Waals surface area contributed by atoms with Gasteiger partial charge in [-0.25, -0.2) is 0 Å². The first-order valence-corrected chi connectivity index (χ1v) is 25.6. The van der Waals surface area contributed by atoms with Gasteiger partial charge >= 0.3 is 11.9 Å². The Balaban J connectivity index is 2.14. The van der Waals surface area contributed by atoms with Gasteiger partial charge in [0, 0.05) is 32.6 Å². The molecule has 0 bridgehead atoms. The number of likely N-dealkylation sites (tertiary alicyclic amines) is 1. The van der Waals surface area contributed by atoms with E-state index in [0.29, 0.717) is 43.8 Å². The van der Waals surface area contributed by atoms with Gasteiger partial charge in [0.25, 0.3) is 0 Å². The van der Waals surface area contributed by atoms with Crippen molar-refractivity contribution >= 4 is 11.9 Å². The number of unbranched alkanes of at least 4 members (excludes halogenated alkanes) is 18. The third kappa shape index (κ3) is 35.3. The summed E-state index contributed by atoms with van der Waals surface area (Å²) in [6.07, 6.45) is 42.4. The Morgan fingerprint density at radius 1 is 0.421 bits per heavy atom. The fourth-order valence-corrected chi connectivity index (χ4v) is 8.78. The van der Waals surface area contributed by atoms with E-state index >= 15 is 0 Å². The average Bonchev–Trinajstić information content (AvgIpc) is 3.74. The van der Waals surface area contributed by atoms with Gasteiger partial charge in [-0.3, -0.25) is 9.59 Å². The van der Waals surface area contributed by atoms with E-state index in [1.807, 2.05) is 0 Å². The van der Waals surface area contributed by atoms with Gasteiger partial charge in [0.2, 0.25) is 0 Å². The highest BCUT2D eigenvalue weighted by Crippen LogP contribution is 2.23. The third-order valence-electron chi connectivity index (χ3n) is 12.6. The van der Waals surface area contributed by atoms with Gasteiger partial charge in [-0.05, 0) is 101 Å². The molecular formula is C51H99NO5. The lowest BCUT2D eigenvalue weighted by molar-refractivity contribution is -0.146. The zero-order chi connectivity index (χ0) is 41.3. The van der Waals surface area contributed by atoms with Crippen LogP contribution in [0.5, 0.6) is 0 Å². The normalized spacial score (nSPS) is 13.5. The van der Waals surface area contributed by atoms with Crippen LogP contribution in [0.3, 0.4) is 0 Å². The smallest absolute Gasteiger partial charge is 0.306 e. The van der Waals surface area contributed by atoms with Crippen LogP contribution in [0.4, 0.5) is 0 Å². The summed E-state index contributed by atoms with van der Waals surface area (Å²) < 4.78 is 17.5. The molecule has 0 atom stereocenters. The zero-order valence-electron chi connectivity index (χ0n) is 38.9. The summed E-state index contributed by atoms with van der Waals surface area (Å²) in [5.74, 6) is 1.80. The summed E-state index contributed by atoms with van der Waals surface area (Å²) in [6.45, 7) is 15.8. The van der Waals surface area contributed by atoms with E-state index in [-0.39, 0.29) is 11.9 Å². The van der Waals surface area contributed by atoms with Crippen LogP contribution in [0.2, 0.25) is 0 Å². The highest BCUT2D eigenvalue weighted by atomic mass is 16.5. The van der Waals surface area contributed by atoms with E-state index in [9.17, 15) is 9.59 Å². The van der Waals surface area contributed by atoms with E-state index < -0.39 is 0 Å². The molecule has 0 unspecified atom stereocenters. The maximum Gasteiger partial charge on any atom is 0.306 e. The maximum atomic E-state index is 12.4. The summed E-state index contributed by atoms with van der Waals surface area (Å²) in [5.41, 5.74) is 0. The summed E-state index contributed by atoms with van der Waals surface area (Å²) in [7, 11) is 0. The van der Waals surface area contributed by atoms with Gasteiger partial charge in [-0.2, -0.15) is 0 Å². The Kier molecular flexibility index (Phi) is 39.3. The van der Waals surface area contributed by atoms with Gasteiger partial charge in [0.1, 0.15) is 0 Å². The number of ether oxygens (including phenoxy) is 3. The van der Waals surface area contributed by atoms with Gasteiger partial charge in [-0.15, -0.1) is 0 Å². The van der Waals surface area contributed by atoms with Crippen molar-refractivity contribution in [2.75, 3.05) is 46.1 Å². The summed E-state index contributed by atoms with van der Waals surface area (Å²) in [5, 5.41) is 0. The lowest BCUT2D eigenvalue weighted by atomic mass is 9.93. The van der Waals surface area contributed by atoms with Crippen LogP contribution in [0.15, 0.2) is 0 Å². The molecule has 1 saturated heterocycles. The maximum absolute atomic E-state index is 12.4. The molecule has 0 aromatic heterocycles. The number of hydrogen-bond acceptors (Lipinski definition) is 6. The molecule has 6 heteroatoms. The van der Waals surface area contributed by atoms with Crippen LogP contribution in [-0.4, -0.2) is 62.9 Å². The molecule has 0 amide bonds. The largest absolute Gasteiger partial charge is 0.466 e. The average molecular weight is 806 g/mol. The standard InChI is InChI=1S/C51H99NO5/c1-5-9-32-47(33-10-6-2)44-50(53)56-42-29-23-19-15-13-17-21-25-36-49(46-55-41-31-40-52-38-27-28-39-52)37-26-22-18-14-16-20-24-30-43-57-51(54)45-48(34-11-7-3)35-12-8-4/h47-49H,5-46H2,1-4H3. The second-order valence-electron chi connectivity index (χ2n) is 18.2. The zero-order valence-corrected chi connectivity index (χ0v) is 38.9. The third-order valence-corrected chi connectivity index (χ3v) is 12.6. The molecule has 0 spiro atoms. The number of esters is 2. The van der Waals surface area contributed by atoms with Crippen LogP contribution in [-0.2, 0) is 23.8 Å². The van der Waals surface area contributed by atoms with Crippen molar-refractivity contribution < 1.29 is 23.8 Å². The van der Waals surface area contributed by atoms with E-state index in [4.69, 9.17) is 14.2 Å². The van der Waals surface area contributed by atoms with Crippen molar-refractivity contribution in [2.24, 2.45) is 17.8 Å². The van der Waals surface area contributed by atoms with E-state index in [1.165, 1.54) is 219 Å². The molecule has 0 aromatic rings. The minimum absolute atomic E-state index is 0.0285. The quantitative estimate of drug-likeness (QED) is 0.0451. The predicted octanol–water partition coefficient (Wildman–Crippen LogP) is 15.0. The van der Waals surface area contributed by atoms with Crippen molar-refractivity contribution in [1.82, 2.24) is 4.90 Å². The minimum Gasteiger partial charge on any atom is -0.466 e. The van der Waals surface area contributed by atoms with Crippen LogP contribution in [0.25, 0.3) is 0 Å². The molecule has 0 aromatic carbocycles. The number of hydrogen-bond donors (Lipinski definition) is 0. The first kappa shape index (κ1) is 53.9. The molecule has 1 aliphatic rings. The molecule has 1 heterocycles. The fraction of sp³-hybridized carbons (Fsp3) is 0.961. The molecule has 1 aliphatic heterocycles. The monoisotopic (exact) mass is 806 g/mol. The lowest BCUT2D eigenvalue weighted by Gasteiger charge is -2.18. The lowest BCUT2D eigenvalue weighted by Crippen LogP contribution is -2.22. The van der Waals surface area contributed by atoms with E-state index in [2.05, 4.69) is 32.6 Å². The molecule has 1 rings (SSSR count). The summed E-state index contributed by atoms with van der Waals surface area (Å²) >= 11 is 0. The molecule has 0 radical (unpaired) electrons. The highest BCUT2D eigenvalue weighted by molar-refractivity contribution is 5.70. The van der Waals surface area contributed by atoms with Crippen molar-refractivity contribution in [2.45, 2.75) is 252 Å². The Morgan fingerprint density at radius 3 is 1.16 bits per heavy atom. The predicted molar refractivity (Wildman–Crippen MR) is 244 cm³/mol. The Labute approximate surface area is 355 Å². The van der Waals surface area contributed by atoms with Crippen LogP contribution in [0.1, 0.15) is 252 Å². The summed E-state index contributed by atoms with van der Waals surface area (Å²) in [6, 6.07) is 0. The highest BCUT2D eigenvalue weighted by Gasteiger charge is 2.16. The molecule has 0 aliphatic carbocycles. The van der Waals surface area contributed by atoms with Crippen molar-refractivity contribution in [1.29, 1.82) is 0 Å². The van der Waals surface area contributed by atoms with Crippen LogP contribution < -0.4 is 0 Å². The molecule has 57 heavy (non-hydrogen) atoms. The Morgan fingerprint density at radius 2 is 0.772 bits per heavy atom. The van der Waals surface area contributed by atoms with Gasteiger partial charge in [-0.1, -0.05) is 169 Å². The molecule has 338 valence electrons. The SMILES string of the molecule is CCCCC(CCCC)CC(=O)OCCCCCCCCCCC(CCCCCCCCCCOC(=O)CC(CCCC)CCCC)COCCCN1CCCC1. The number of rotatable bonds is 44. The first-order chi connectivity index (χ1) is 28.0. The molecule has 0 N–H and O–H groups in total. The van der Waals surface area contributed by atoms with Gasteiger partial charge in [0.05, 0.1) is 13.2 Å². The fourth-order valence-electron chi connectivity index (χ4n) is 8.78. The molecule has 6 nitrogen and oxygen atoms in total. The number of nitrogens with zero attached hydrogens (tertiary/aromatic N) is 1. The van der Waals surface area contributed by atoms with Crippen LogP contribution >= 0.6 is 0 Å². The molecular weight excluding hydrogens is 707 g/mol. The first-order valence-electron chi connectivity index (χ1n) is 25.6. The Bertz CT molecular complexity index is 789. The summed E-state index contributed by atoms with van der Waals surface area (Å²) in [4.78, 5) is 27.4. The van der Waals surface area contributed by atoms with Crippen molar-refractivity contribution in [3.63, 3.8) is 0 Å².